The standard InChI is InChI=1S/C7H12N2/c1-3-5-7-9-8-6-4-2/h2,7-8H,3,5-6H2,1H3. The Morgan fingerprint density at radius 3 is 3.11 bits per heavy atom. The number of nitrogens with zero attached hydrogens (tertiary/aromatic N) is 1. The van der Waals surface area contributed by atoms with Gasteiger partial charge in [-0.15, -0.1) is 6.42 Å². The maximum absolute atomic E-state index is 4.96. The second kappa shape index (κ2) is 7.03. The van der Waals surface area contributed by atoms with Gasteiger partial charge in [0.2, 0.25) is 0 Å². The fourth-order valence-corrected chi connectivity index (χ4v) is 0.349. The van der Waals surface area contributed by atoms with E-state index in [0.717, 1.165) is 12.8 Å². The van der Waals surface area contributed by atoms with E-state index in [0.29, 0.717) is 6.54 Å². The topological polar surface area (TPSA) is 24.4 Å². The Morgan fingerprint density at radius 1 is 1.78 bits per heavy atom. The van der Waals surface area contributed by atoms with Crippen LogP contribution in [0.25, 0.3) is 0 Å². The van der Waals surface area contributed by atoms with Crippen molar-refractivity contribution in [1.29, 1.82) is 0 Å². The Bertz CT molecular complexity index is 111. The minimum absolute atomic E-state index is 0.514. The van der Waals surface area contributed by atoms with E-state index >= 15 is 0 Å². The largest absolute Gasteiger partial charge is 0.298 e. The average Bonchev–Trinajstić information content (AvgIpc) is 1.89. The fourth-order valence-electron chi connectivity index (χ4n) is 0.349. The Balaban J connectivity index is 2.97. The van der Waals surface area contributed by atoms with Crippen molar-refractivity contribution in [2.24, 2.45) is 5.10 Å². The minimum Gasteiger partial charge on any atom is -0.298 e. The van der Waals surface area contributed by atoms with Crippen LogP contribution in [-0.4, -0.2) is 12.8 Å². The van der Waals surface area contributed by atoms with Crippen LogP contribution in [0.15, 0.2) is 5.10 Å². The fraction of sp³-hybridized carbons (Fsp3) is 0.571. The molecule has 0 saturated carbocycles. The Hall–Kier alpha value is -0.970. The quantitative estimate of drug-likeness (QED) is 0.257. The summed E-state index contributed by atoms with van der Waals surface area (Å²) in [5, 5.41) is 3.83. The van der Waals surface area contributed by atoms with Gasteiger partial charge in [0, 0.05) is 6.21 Å². The lowest BCUT2D eigenvalue weighted by Crippen LogP contribution is -2.04. The second-order valence-electron chi connectivity index (χ2n) is 1.64. The Kier molecular flexibility index (Phi) is 6.27. The number of hydrogen-bond donors (Lipinski definition) is 1. The van der Waals surface area contributed by atoms with Gasteiger partial charge >= 0.3 is 0 Å². The molecule has 0 atom stereocenters. The van der Waals surface area contributed by atoms with Gasteiger partial charge in [-0.3, -0.25) is 5.43 Å². The molecule has 0 aliphatic heterocycles. The lowest BCUT2D eigenvalue weighted by atomic mass is 10.4. The van der Waals surface area contributed by atoms with Gasteiger partial charge in [0.25, 0.3) is 0 Å². The first kappa shape index (κ1) is 8.03. The van der Waals surface area contributed by atoms with Crippen molar-refractivity contribution in [2.75, 3.05) is 6.54 Å². The van der Waals surface area contributed by atoms with Gasteiger partial charge in [-0.2, -0.15) is 5.10 Å². The molecule has 1 N–H and O–H groups in total. The number of hydrogen-bond acceptors (Lipinski definition) is 2. The highest BCUT2D eigenvalue weighted by Crippen LogP contribution is 1.78. The zero-order valence-electron chi connectivity index (χ0n) is 5.72. The van der Waals surface area contributed by atoms with Crippen molar-refractivity contribution in [3.63, 3.8) is 0 Å². The first-order valence-electron chi connectivity index (χ1n) is 3.09. The first-order chi connectivity index (χ1) is 4.41. The van der Waals surface area contributed by atoms with Crippen LogP contribution in [0, 0.1) is 12.3 Å². The third kappa shape index (κ3) is 7.03. The molecule has 0 fully saturated rings. The van der Waals surface area contributed by atoms with Gasteiger partial charge in [-0.25, -0.2) is 0 Å². The molecule has 0 aromatic rings. The van der Waals surface area contributed by atoms with Crippen molar-refractivity contribution >= 4 is 6.21 Å². The summed E-state index contributed by atoms with van der Waals surface area (Å²) in [5.41, 5.74) is 2.70. The number of terminal acetylenes is 1. The van der Waals surface area contributed by atoms with E-state index < -0.39 is 0 Å². The van der Waals surface area contributed by atoms with Crippen LogP contribution < -0.4 is 5.43 Å². The molecule has 0 aromatic heterocycles. The van der Waals surface area contributed by atoms with Crippen LogP contribution in [-0.2, 0) is 0 Å². The molecule has 0 aliphatic carbocycles. The van der Waals surface area contributed by atoms with Crippen LogP contribution in [0.1, 0.15) is 19.8 Å². The van der Waals surface area contributed by atoms with Crippen molar-refractivity contribution < 1.29 is 0 Å². The van der Waals surface area contributed by atoms with Crippen molar-refractivity contribution in [3.05, 3.63) is 0 Å². The summed E-state index contributed by atoms with van der Waals surface area (Å²) in [4.78, 5) is 0. The van der Waals surface area contributed by atoms with E-state index in [2.05, 4.69) is 23.4 Å². The van der Waals surface area contributed by atoms with Gasteiger partial charge in [-0.05, 0) is 6.42 Å². The van der Waals surface area contributed by atoms with E-state index in [-0.39, 0.29) is 0 Å². The molecule has 50 valence electrons. The lowest BCUT2D eigenvalue weighted by Gasteiger charge is -1.88. The van der Waals surface area contributed by atoms with Crippen molar-refractivity contribution in [2.45, 2.75) is 19.8 Å². The van der Waals surface area contributed by atoms with Crippen LogP contribution in [0.5, 0.6) is 0 Å². The third-order valence-electron chi connectivity index (χ3n) is 0.781. The van der Waals surface area contributed by atoms with Gasteiger partial charge < -0.3 is 0 Å². The lowest BCUT2D eigenvalue weighted by molar-refractivity contribution is 0.835. The molecule has 0 radical (unpaired) electrons. The molecule has 0 heterocycles. The van der Waals surface area contributed by atoms with E-state index in [1.165, 1.54) is 0 Å². The molecule has 0 saturated heterocycles. The SMILES string of the molecule is C#CCNN=CCCC. The van der Waals surface area contributed by atoms with Crippen LogP contribution in [0.3, 0.4) is 0 Å². The zero-order valence-corrected chi connectivity index (χ0v) is 5.72. The van der Waals surface area contributed by atoms with Gasteiger partial charge in [0.05, 0.1) is 6.54 Å². The number of hydrazone groups is 1. The number of nitrogens with one attached hydrogen (secondary N) is 1. The van der Waals surface area contributed by atoms with Crippen molar-refractivity contribution in [3.8, 4) is 12.3 Å². The first-order valence-corrected chi connectivity index (χ1v) is 3.09. The smallest absolute Gasteiger partial charge is 0.0935 e. The summed E-state index contributed by atoms with van der Waals surface area (Å²) < 4.78 is 0. The molecule has 0 amide bonds. The Morgan fingerprint density at radius 2 is 2.56 bits per heavy atom. The van der Waals surface area contributed by atoms with E-state index in [1.54, 1.807) is 0 Å². The minimum atomic E-state index is 0.514. The van der Waals surface area contributed by atoms with E-state index in [1.807, 2.05) is 6.21 Å². The molecule has 0 spiro atoms. The molecule has 0 aliphatic rings. The van der Waals surface area contributed by atoms with Gasteiger partial charge in [0.15, 0.2) is 0 Å². The van der Waals surface area contributed by atoms with Crippen LogP contribution in [0.4, 0.5) is 0 Å². The highest BCUT2D eigenvalue weighted by Gasteiger charge is 1.71. The predicted molar refractivity (Wildman–Crippen MR) is 40.2 cm³/mol. The van der Waals surface area contributed by atoms with Crippen LogP contribution in [0.2, 0.25) is 0 Å². The van der Waals surface area contributed by atoms with Gasteiger partial charge in [0.1, 0.15) is 0 Å². The maximum atomic E-state index is 4.96. The highest BCUT2D eigenvalue weighted by atomic mass is 15.3. The summed E-state index contributed by atoms with van der Waals surface area (Å²) in [6, 6.07) is 0. The zero-order chi connectivity index (χ0) is 6.95. The summed E-state index contributed by atoms with van der Waals surface area (Å²) in [5.74, 6) is 2.42. The molecule has 0 aromatic carbocycles. The third-order valence-corrected chi connectivity index (χ3v) is 0.781. The monoisotopic (exact) mass is 124 g/mol. The molecule has 2 heteroatoms. The average molecular weight is 124 g/mol. The number of unbranched alkanes of at least 4 members (excludes halogenated alkanes) is 1. The molecule has 0 rings (SSSR count). The second-order valence-corrected chi connectivity index (χ2v) is 1.64. The number of rotatable bonds is 4. The summed E-state index contributed by atoms with van der Waals surface area (Å²) >= 11 is 0. The van der Waals surface area contributed by atoms with Crippen LogP contribution >= 0.6 is 0 Å². The Labute approximate surface area is 56.3 Å². The van der Waals surface area contributed by atoms with E-state index in [4.69, 9.17) is 6.42 Å². The van der Waals surface area contributed by atoms with E-state index in [9.17, 15) is 0 Å². The van der Waals surface area contributed by atoms with Crippen molar-refractivity contribution in [1.82, 2.24) is 5.43 Å². The molecule has 0 unspecified atom stereocenters. The van der Waals surface area contributed by atoms with Gasteiger partial charge in [-0.1, -0.05) is 19.3 Å². The summed E-state index contributed by atoms with van der Waals surface area (Å²) in [7, 11) is 0. The highest BCUT2D eigenvalue weighted by molar-refractivity contribution is 5.56. The summed E-state index contributed by atoms with van der Waals surface area (Å²) in [6.07, 6.45) is 8.93. The predicted octanol–water partition coefficient (Wildman–Crippen LogP) is 0.995. The molecular weight excluding hydrogens is 112 g/mol. The summed E-state index contributed by atoms with van der Waals surface area (Å²) in [6.45, 7) is 2.62. The molecular formula is C7H12N2. The normalized spacial score (nSPS) is 9.33. The molecule has 0 bridgehead atoms. The molecule has 9 heavy (non-hydrogen) atoms. The maximum Gasteiger partial charge on any atom is 0.0935 e. The molecule has 2 nitrogen and oxygen atoms in total.